The Bertz CT molecular complexity index is 328. The highest BCUT2D eigenvalue weighted by Gasteiger charge is 2.00. The molecule has 0 spiro atoms. The normalized spacial score (nSPS) is 10.5. The predicted octanol–water partition coefficient (Wildman–Crippen LogP) is 2.78. The Hall–Kier alpha value is -0.730. The van der Waals surface area contributed by atoms with E-state index in [2.05, 4.69) is 12.2 Å². The highest BCUT2D eigenvalue weighted by Crippen LogP contribution is 2.21. The van der Waals surface area contributed by atoms with Crippen LogP contribution in [0.25, 0.3) is 0 Å². The fourth-order valence-corrected chi connectivity index (χ4v) is 1.90. The first kappa shape index (κ1) is 14.3. The first-order valence-corrected chi connectivity index (χ1v) is 6.82. The molecule has 0 bridgehead atoms. The van der Waals surface area contributed by atoms with E-state index in [9.17, 15) is 0 Å². The zero-order valence-electron chi connectivity index (χ0n) is 10.8. The summed E-state index contributed by atoms with van der Waals surface area (Å²) in [6.07, 6.45) is 3.67. The number of quaternary nitrogens is 1. The van der Waals surface area contributed by atoms with Gasteiger partial charge in [0.15, 0.2) is 0 Å². The van der Waals surface area contributed by atoms with Crippen LogP contribution in [0.1, 0.15) is 31.7 Å². The second kappa shape index (κ2) is 8.37. The highest BCUT2D eigenvalue weighted by molar-refractivity contribution is 6.30. The second-order valence-electron chi connectivity index (χ2n) is 4.33. The van der Waals surface area contributed by atoms with E-state index in [-0.39, 0.29) is 0 Å². The van der Waals surface area contributed by atoms with Gasteiger partial charge in [-0.3, -0.25) is 0 Å². The van der Waals surface area contributed by atoms with E-state index in [1.807, 2.05) is 25.1 Å². The molecule has 0 atom stereocenters. The monoisotopic (exact) mass is 256 g/mol. The van der Waals surface area contributed by atoms with Crippen LogP contribution < -0.4 is 10.1 Å². The Balaban J connectivity index is 2.14. The van der Waals surface area contributed by atoms with Crippen LogP contribution in [-0.4, -0.2) is 19.7 Å². The van der Waals surface area contributed by atoms with Gasteiger partial charge in [0.05, 0.1) is 19.7 Å². The second-order valence-corrected chi connectivity index (χ2v) is 4.77. The van der Waals surface area contributed by atoms with Crippen molar-refractivity contribution < 1.29 is 10.1 Å². The lowest BCUT2D eigenvalue weighted by atomic mass is 10.2. The lowest BCUT2D eigenvalue weighted by Gasteiger charge is -2.08. The van der Waals surface area contributed by atoms with E-state index >= 15 is 0 Å². The van der Waals surface area contributed by atoms with Crippen molar-refractivity contribution >= 4 is 11.6 Å². The summed E-state index contributed by atoms with van der Waals surface area (Å²) in [6, 6.07) is 5.75. The van der Waals surface area contributed by atoms with Gasteiger partial charge in [-0.05, 0) is 37.1 Å². The fourth-order valence-electron chi connectivity index (χ4n) is 1.68. The Morgan fingerprint density at radius 3 is 2.71 bits per heavy atom. The number of nitrogens with two attached hydrogens (primary N) is 1. The van der Waals surface area contributed by atoms with Crippen LogP contribution in [0.3, 0.4) is 0 Å². The maximum absolute atomic E-state index is 5.89. The van der Waals surface area contributed by atoms with Crippen LogP contribution in [0.4, 0.5) is 0 Å². The zero-order valence-corrected chi connectivity index (χ0v) is 11.6. The maximum atomic E-state index is 5.89. The van der Waals surface area contributed by atoms with E-state index in [4.69, 9.17) is 16.3 Å². The molecule has 1 aromatic rings. The molecule has 0 heterocycles. The van der Waals surface area contributed by atoms with Gasteiger partial charge in [0, 0.05) is 11.4 Å². The largest absolute Gasteiger partial charge is 0.493 e. The summed E-state index contributed by atoms with van der Waals surface area (Å²) in [7, 11) is 0. The average Bonchev–Trinajstić information content (AvgIpc) is 2.30. The van der Waals surface area contributed by atoms with Gasteiger partial charge in [0.25, 0.3) is 0 Å². The number of aryl methyl sites for hydroxylation is 1. The first-order valence-electron chi connectivity index (χ1n) is 6.44. The lowest BCUT2D eigenvalue weighted by molar-refractivity contribution is -0.655. The Labute approximate surface area is 109 Å². The molecular formula is C14H23ClNO+. The number of ether oxygens (including phenoxy) is 1. The molecular weight excluding hydrogens is 234 g/mol. The van der Waals surface area contributed by atoms with Gasteiger partial charge >= 0.3 is 0 Å². The summed E-state index contributed by atoms with van der Waals surface area (Å²) in [5.41, 5.74) is 1.10. The summed E-state index contributed by atoms with van der Waals surface area (Å²) in [5.74, 6) is 0.947. The van der Waals surface area contributed by atoms with Gasteiger partial charge in [0.1, 0.15) is 5.75 Å². The van der Waals surface area contributed by atoms with Crippen molar-refractivity contribution in [1.82, 2.24) is 0 Å². The third kappa shape index (κ3) is 5.94. The summed E-state index contributed by atoms with van der Waals surface area (Å²) < 4.78 is 5.72. The minimum Gasteiger partial charge on any atom is -0.493 e. The quantitative estimate of drug-likeness (QED) is 0.711. The summed E-state index contributed by atoms with van der Waals surface area (Å²) >= 11 is 5.89. The molecule has 96 valence electrons. The molecule has 0 aliphatic rings. The van der Waals surface area contributed by atoms with Crippen molar-refractivity contribution in [2.45, 2.75) is 33.1 Å². The fraction of sp³-hybridized carbons (Fsp3) is 0.571. The standard InChI is InChI=1S/C14H22ClNO/c1-3-4-8-16-9-5-10-17-14-7-6-13(15)11-12(14)2/h6-7,11,16H,3-5,8-10H2,1-2H3/p+1. The van der Waals surface area contributed by atoms with Crippen LogP contribution >= 0.6 is 11.6 Å². The van der Waals surface area contributed by atoms with Crippen molar-refractivity contribution in [2.75, 3.05) is 19.7 Å². The number of hydrogen-bond donors (Lipinski definition) is 1. The Morgan fingerprint density at radius 1 is 1.24 bits per heavy atom. The van der Waals surface area contributed by atoms with Gasteiger partial charge in [-0.25, -0.2) is 0 Å². The summed E-state index contributed by atoms with van der Waals surface area (Å²) in [5, 5.41) is 3.13. The third-order valence-electron chi connectivity index (χ3n) is 2.71. The van der Waals surface area contributed by atoms with Crippen molar-refractivity contribution in [3.63, 3.8) is 0 Å². The molecule has 0 radical (unpaired) electrons. The smallest absolute Gasteiger partial charge is 0.122 e. The molecule has 2 nitrogen and oxygen atoms in total. The minimum absolute atomic E-state index is 0.766. The molecule has 0 aliphatic heterocycles. The van der Waals surface area contributed by atoms with E-state index in [0.717, 1.165) is 35.9 Å². The molecule has 0 amide bonds. The Morgan fingerprint density at radius 2 is 2.00 bits per heavy atom. The highest BCUT2D eigenvalue weighted by atomic mass is 35.5. The SMILES string of the molecule is CCCC[NH2+]CCCOc1ccc(Cl)cc1C. The van der Waals surface area contributed by atoms with E-state index < -0.39 is 0 Å². The molecule has 1 rings (SSSR count). The van der Waals surface area contributed by atoms with Crippen molar-refractivity contribution in [3.05, 3.63) is 28.8 Å². The average molecular weight is 257 g/mol. The molecule has 0 saturated carbocycles. The lowest BCUT2D eigenvalue weighted by Crippen LogP contribution is -2.84. The summed E-state index contributed by atoms with van der Waals surface area (Å²) in [4.78, 5) is 0. The molecule has 1 aromatic carbocycles. The molecule has 0 saturated heterocycles. The number of unbranched alkanes of at least 4 members (excludes halogenated alkanes) is 1. The van der Waals surface area contributed by atoms with Gasteiger partial charge in [0.2, 0.25) is 0 Å². The molecule has 3 heteroatoms. The molecule has 2 N–H and O–H groups in total. The molecule has 17 heavy (non-hydrogen) atoms. The van der Waals surface area contributed by atoms with Crippen molar-refractivity contribution in [3.8, 4) is 5.75 Å². The van der Waals surface area contributed by atoms with Gasteiger partial charge in [-0.15, -0.1) is 0 Å². The summed E-state index contributed by atoms with van der Waals surface area (Å²) in [6.45, 7) is 7.41. The molecule has 0 aliphatic carbocycles. The molecule has 0 unspecified atom stereocenters. The van der Waals surface area contributed by atoms with E-state index in [1.54, 1.807) is 0 Å². The number of rotatable bonds is 8. The van der Waals surface area contributed by atoms with Crippen molar-refractivity contribution in [2.24, 2.45) is 0 Å². The van der Waals surface area contributed by atoms with Gasteiger partial charge in [-0.1, -0.05) is 24.9 Å². The number of hydrogen-bond acceptors (Lipinski definition) is 1. The Kier molecular flexibility index (Phi) is 7.06. The van der Waals surface area contributed by atoms with Crippen molar-refractivity contribution in [1.29, 1.82) is 0 Å². The maximum Gasteiger partial charge on any atom is 0.122 e. The molecule has 0 aromatic heterocycles. The number of benzene rings is 1. The van der Waals surface area contributed by atoms with Crippen LogP contribution in [0.2, 0.25) is 5.02 Å². The van der Waals surface area contributed by atoms with Gasteiger partial charge < -0.3 is 10.1 Å². The predicted molar refractivity (Wildman–Crippen MR) is 72.9 cm³/mol. The van der Waals surface area contributed by atoms with Crippen LogP contribution in [0.5, 0.6) is 5.75 Å². The number of halogens is 1. The van der Waals surface area contributed by atoms with Crippen LogP contribution in [0, 0.1) is 6.92 Å². The topological polar surface area (TPSA) is 25.8 Å². The van der Waals surface area contributed by atoms with E-state index in [0.29, 0.717) is 0 Å². The van der Waals surface area contributed by atoms with Gasteiger partial charge in [-0.2, -0.15) is 0 Å². The van der Waals surface area contributed by atoms with E-state index in [1.165, 1.54) is 19.4 Å². The third-order valence-corrected chi connectivity index (χ3v) is 2.94. The molecule has 0 fully saturated rings. The van der Waals surface area contributed by atoms with Crippen LogP contribution in [0.15, 0.2) is 18.2 Å². The van der Waals surface area contributed by atoms with Crippen LogP contribution in [-0.2, 0) is 0 Å². The zero-order chi connectivity index (χ0) is 12.5. The minimum atomic E-state index is 0.766. The first-order chi connectivity index (χ1) is 8.24.